The van der Waals surface area contributed by atoms with Gasteiger partial charge in [0.2, 0.25) is 11.9 Å². The lowest BCUT2D eigenvalue weighted by atomic mass is 9.89. The number of nitrogens with zero attached hydrogens (tertiary/aromatic N) is 4. The first-order valence-electron chi connectivity index (χ1n) is 6.31. The molecule has 0 amide bonds. The van der Waals surface area contributed by atoms with Crippen LogP contribution in [0.3, 0.4) is 0 Å². The third-order valence-corrected chi connectivity index (χ3v) is 3.23. The van der Waals surface area contributed by atoms with Crippen molar-refractivity contribution in [2.24, 2.45) is 0 Å². The average Bonchev–Trinajstić information content (AvgIpc) is 2.39. The van der Waals surface area contributed by atoms with Crippen molar-refractivity contribution in [3.05, 3.63) is 5.82 Å². The Hall–Kier alpha value is -1.39. The summed E-state index contributed by atoms with van der Waals surface area (Å²) in [5.74, 6) is 2.87. The number of hydrogen-bond donors (Lipinski definition) is 1. The Morgan fingerprint density at radius 1 is 1.06 bits per heavy atom. The van der Waals surface area contributed by atoms with Crippen LogP contribution in [0.15, 0.2) is 0 Å². The van der Waals surface area contributed by atoms with Gasteiger partial charge in [-0.1, -0.05) is 19.3 Å². The Morgan fingerprint density at radius 2 is 1.76 bits per heavy atom. The SMILES string of the molecule is CNc1nc(C2CCCCC2)nc(N(C)C)n1. The molecule has 1 saturated carbocycles. The highest BCUT2D eigenvalue weighted by atomic mass is 15.3. The van der Waals surface area contributed by atoms with Crippen LogP contribution >= 0.6 is 0 Å². The second-order valence-electron chi connectivity index (χ2n) is 4.80. The maximum atomic E-state index is 4.57. The maximum Gasteiger partial charge on any atom is 0.229 e. The van der Waals surface area contributed by atoms with E-state index in [-0.39, 0.29) is 0 Å². The van der Waals surface area contributed by atoms with Gasteiger partial charge in [0.05, 0.1) is 0 Å². The molecule has 0 unspecified atom stereocenters. The highest BCUT2D eigenvalue weighted by molar-refractivity contribution is 5.35. The molecule has 1 aliphatic rings. The van der Waals surface area contributed by atoms with E-state index in [0.29, 0.717) is 11.9 Å². The van der Waals surface area contributed by atoms with Crippen molar-refractivity contribution in [2.45, 2.75) is 38.0 Å². The summed E-state index contributed by atoms with van der Waals surface area (Å²) in [4.78, 5) is 15.3. The van der Waals surface area contributed by atoms with Gasteiger partial charge in [-0.2, -0.15) is 15.0 Å². The zero-order valence-electron chi connectivity index (χ0n) is 10.9. The first-order valence-corrected chi connectivity index (χ1v) is 6.31. The van der Waals surface area contributed by atoms with Gasteiger partial charge in [-0.15, -0.1) is 0 Å². The van der Waals surface area contributed by atoms with E-state index < -0.39 is 0 Å². The summed E-state index contributed by atoms with van der Waals surface area (Å²) >= 11 is 0. The fourth-order valence-electron chi connectivity index (χ4n) is 2.24. The number of hydrogen-bond acceptors (Lipinski definition) is 5. The smallest absolute Gasteiger partial charge is 0.229 e. The fourth-order valence-corrected chi connectivity index (χ4v) is 2.24. The predicted molar refractivity (Wildman–Crippen MR) is 69.5 cm³/mol. The molecule has 0 aliphatic heterocycles. The summed E-state index contributed by atoms with van der Waals surface area (Å²) in [7, 11) is 5.76. The summed E-state index contributed by atoms with van der Waals surface area (Å²) in [5.41, 5.74) is 0. The minimum Gasteiger partial charge on any atom is -0.357 e. The summed E-state index contributed by atoms with van der Waals surface area (Å²) in [6.07, 6.45) is 6.35. The van der Waals surface area contributed by atoms with E-state index in [1.807, 2.05) is 26.0 Å². The molecule has 0 bridgehead atoms. The fraction of sp³-hybridized carbons (Fsp3) is 0.750. The molecule has 17 heavy (non-hydrogen) atoms. The van der Waals surface area contributed by atoms with Crippen molar-refractivity contribution in [3.8, 4) is 0 Å². The van der Waals surface area contributed by atoms with Crippen molar-refractivity contribution in [1.82, 2.24) is 15.0 Å². The van der Waals surface area contributed by atoms with Crippen molar-refractivity contribution in [2.75, 3.05) is 31.4 Å². The van der Waals surface area contributed by atoms with E-state index in [2.05, 4.69) is 20.3 Å². The van der Waals surface area contributed by atoms with Crippen LogP contribution in [-0.4, -0.2) is 36.1 Å². The largest absolute Gasteiger partial charge is 0.357 e. The van der Waals surface area contributed by atoms with E-state index in [4.69, 9.17) is 0 Å². The molecular weight excluding hydrogens is 214 g/mol. The van der Waals surface area contributed by atoms with E-state index in [9.17, 15) is 0 Å². The summed E-state index contributed by atoms with van der Waals surface area (Å²) in [6, 6.07) is 0. The Labute approximate surface area is 103 Å². The molecule has 1 fully saturated rings. The van der Waals surface area contributed by atoms with Crippen LogP contribution in [0.25, 0.3) is 0 Å². The Kier molecular flexibility index (Phi) is 3.76. The molecule has 1 aromatic rings. The highest BCUT2D eigenvalue weighted by Gasteiger charge is 2.20. The van der Waals surface area contributed by atoms with Crippen molar-refractivity contribution in [3.63, 3.8) is 0 Å². The first kappa shape index (κ1) is 12.1. The molecule has 1 heterocycles. The minimum atomic E-state index is 0.512. The monoisotopic (exact) mass is 235 g/mol. The second-order valence-corrected chi connectivity index (χ2v) is 4.80. The average molecular weight is 235 g/mol. The van der Waals surface area contributed by atoms with Gasteiger partial charge in [0.25, 0.3) is 0 Å². The van der Waals surface area contributed by atoms with E-state index >= 15 is 0 Å². The van der Waals surface area contributed by atoms with Crippen molar-refractivity contribution < 1.29 is 0 Å². The van der Waals surface area contributed by atoms with Gasteiger partial charge in [-0.05, 0) is 12.8 Å². The van der Waals surface area contributed by atoms with Gasteiger partial charge in [0.15, 0.2) is 0 Å². The zero-order chi connectivity index (χ0) is 12.3. The molecule has 1 N–H and O–H groups in total. The molecule has 0 saturated heterocycles. The van der Waals surface area contributed by atoms with Gasteiger partial charge in [0.1, 0.15) is 5.82 Å². The molecule has 0 aromatic carbocycles. The lowest BCUT2D eigenvalue weighted by molar-refractivity contribution is 0.428. The Bertz CT molecular complexity index is 371. The number of nitrogens with one attached hydrogen (secondary N) is 1. The minimum absolute atomic E-state index is 0.512. The van der Waals surface area contributed by atoms with E-state index in [0.717, 1.165) is 11.8 Å². The maximum absolute atomic E-state index is 4.57. The summed E-state index contributed by atoms with van der Waals surface area (Å²) < 4.78 is 0. The van der Waals surface area contributed by atoms with Crippen LogP contribution < -0.4 is 10.2 Å². The van der Waals surface area contributed by atoms with Crippen LogP contribution in [0.2, 0.25) is 0 Å². The van der Waals surface area contributed by atoms with Crippen molar-refractivity contribution in [1.29, 1.82) is 0 Å². The van der Waals surface area contributed by atoms with Crippen LogP contribution in [-0.2, 0) is 0 Å². The van der Waals surface area contributed by atoms with E-state index in [1.54, 1.807) is 0 Å². The Morgan fingerprint density at radius 3 is 2.35 bits per heavy atom. The lowest BCUT2D eigenvalue weighted by Gasteiger charge is -2.21. The first-order chi connectivity index (χ1) is 8.20. The molecule has 0 atom stereocenters. The normalized spacial score (nSPS) is 16.9. The number of aromatic nitrogens is 3. The standard InChI is InChI=1S/C12H21N5/c1-13-11-14-10(9-7-5-4-6-8-9)15-12(16-11)17(2)3/h9H,4-8H2,1-3H3,(H,13,14,15,16). The Balaban J connectivity index is 2.28. The third kappa shape index (κ3) is 2.84. The number of anilines is 2. The van der Waals surface area contributed by atoms with Crippen LogP contribution in [0, 0.1) is 0 Å². The van der Waals surface area contributed by atoms with Crippen LogP contribution in [0.5, 0.6) is 0 Å². The van der Waals surface area contributed by atoms with Gasteiger partial charge in [0, 0.05) is 27.1 Å². The topological polar surface area (TPSA) is 53.9 Å². The van der Waals surface area contributed by atoms with Crippen LogP contribution in [0.4, 0.5) is 11.9 Å². The molecule has 1 aliphatic carbocycles. The molecule has 0 radical (unpaired) electrons. The predicted octanol–water partition coefficient (Wildman–Crippen LogP) is 2.03. The molecule has 5 heteroatoms. The van der Waals surface area contributed by atoms with Gasteiger partial charge in [-0.25, -0.2) is 0 Å². The lowest BCUT2D eigenvalue weighted by Crippen LogP contribution is -2.18. The molecule has 1 aromatic heterocycles. The molecule has 94 valence electrons. The highest BCUT2D eigenvalue weighted by Crippen LogP contribution is 2.31. The van der Waals surface area contributed by atoms with Crippen LogP contribution in [0.1, 0.15) is 43.8 Å². The molecule has 0 spiro atoms. The summed E-state index contributed by atoms with van der Waals surface area (Å²) in [5, 5.41) is 3.01. The molecule has 5 nitrogen and oxygen atoms in total. The van der Waals surface area contributed by atoms with E-state index in [1.165, 1.54) is 32.1 Å². The molecular formula is C12H21N5. The zero-order valence-corrected chi connectivity index (χ0v) is 10.9. The quantitative estimate of drug-likeness (QED) is 0.868. The van der Waals surface area contributed by atoms with Gasteiger partial charge in [-0.3, -0.25) is 0 Å². The second kappa shape index (κ2) is 5.29. The number of rotatable bonds is 3. The third-order valence-electron chi connectivity index (χ3n) is 3.23. The van der Waals surface area contributed by atoms with Gasteiger partial charge >= 0.3 is 0 Å². The molecule has 2 rings (SSSR count). The van der Waals surface area contributed by atoms with Crippen molar-refractivity contribution >= 4 is 11.9 Å². The summed E-state index contributed by atoms with van der Waals surface area (Å²) in [6.45, 7) is 0. The van der Waals surface area contributed by atoms with Gasteiger partial charge < -0.3 is 10.2 Å².